The standard InChI is InChI=1S/C23H26ClN3O4/c24-17-5-7-18(8-6-17)25-23(30)20-2-1-11-27(20)21(28)14-16-3-9-19(10-4-16)26-12-13-31-15-22(26)29/h3-7,9-10,18,20H,1-2,8,11-15H2,(H,25,30). The predicted molar refractivity (Wildman–Crippen MR) is 118 cm³/mol. The molecule has 0 radical (unpaired) electrons. The van der Waals surface area contributed by atoms with E-state index < -0.39 is 6.04 Å². The lowest BCUT2D eigenvalue weighted by molar-refractivity contribution is -0.138. The van der Waals surface area contributed by atoms with Crippen LogP contribution in [0.5, 0.6) is 0 Å². The lowest BCUT2D eigenvalue weighted by atomic mass is 10.1. The van der Waals surface area contributed by atoms with Crippen molar-refractivity contribution in [1.82, 2.24) is 10.2 Å². The molecule has 1 aromatic rings. The number of benzene rings is 1. The van der Waals surface area contributed by atoms with Gasteiger partial charge >= 0.3 is 0 Å². The van der Waals surface area contributed by atoms with Gasteiger partial charge in [0.2, 0.25) is 11.8 Å². The van der Waals surface area contributed by atoms with Crippen molar-refractivity contribution in [3.05, 3.63) is 53.1 Å². The number of ether oxygens (including phenoxy) is 1. The highest BCUT2D eigenvalue weighted by Gasteiger charge is 2.34. The zero-order valence-corrected chi connectivity index (χ0v) is 18.0. The summed E-state index contributed by atoms with van der Waals surface area (Å²) in [4.78, 5) is 41.1. The third-order valence-corrected chi connectivity index (χ3v) is 6.13. The summed E-state index contributed by atoms with van der Waals surface area (Å²) < 4.78 is 5.16. The largest absolute Gasteiger partial charge is 0.370 e. The van der Waals surface area contributed by atoms with Crippen LogP contribution in [-0.4, -0.2) is 61.0 Å². The smallest absolute Gasteiger partial charge is 0.253 e. The maximum Gasteiger partial charge on any atom is 0.253 e. The molecule has 2 heterocycles. The first-order chi connectivity index (χ1) is 15.0. The number of carbonyl (C=O) groups excluding carboxylic acids is 3. The number of amides is 3. The van der Waals surface area contributed by atoms with E-state index in [4.69, 9.17) is 16.3 Å². The van der Waals surface area contributed by atoms with Gasteiger partial charge < -0.3 is 19.9 Å². The quantitative estimate of drug-likeness (QED) is 0.756. The highest BCUT2D eigenvalue weighted by atomic mass is 35.5. The zero-order chi connectivity index (χ0) is 21.8. The average molecular weight is 444 g/mol. The van der Waals surface area contributed by atoms with Crippen molar-refractivity contribution in [2.24, 2.45) is 0 Å². The molecule has 2 aliphatic heterocycles. The van der Waals surface area contributed by atoms with Crippen LogP contribution in [0.2, 0.25) is 0 Å². The van der Waals surface area contributed by atoms with E-state index in [0.29, 0.717) is 37.6 Å². The van der Waals surface area contributed by atoms with Crippen molar-refractivity contribution in [2.45, 2.75) is 37.8 Å². The van der Waals surface area contributed by atoms with Crippen LogP contribution in [0.25, 0.3) is 0 Å². The molecular weight excluding hydrogens is 418 g/mol. The second-order valence-corrected chi connectivity index (χ2v) is 8.42. The number of nitrogens with one attached hydrogen (secondary N) is 1. The molecule has 8 heteroatoms. The summed E-state index contributed by atoms with van der Waals surface area (Å²) in [5, 5.41) is 3.68. The molecule has 31 heavy (non-hydrogen) atoms. The van der Waals surface area contributed by atoms with Crippen LogP contribution >= 0.6 is 11.6 Å². The zero-order valence-electron chi connectivity index (χ0n) is 17.3. The molecule has 0 aromatic heterocycles. The summed E-state index contributed by atoms with van der Waals surface area (Å²) in [5.74, 6) is -0.241. The van der Waals surface area contributed by atoms with Crippen LogP contribution in [0.4, 0.5) is 5.69 Å². The van der Waals surface area contributed by atoms with Gasteiger partial charge in [0.1, 0.15) is 12.6 Å². The van der Waals surface area contributed by atoms with Gasteiger partial charge in [-0.15, -0.1) is 0 Å². The van der Waals surface area contributed by atoms with Crippen LogP contribution in [0, 0.1) is 0 Å². The Bertz CT molecular complexity index is 912. The number of hydrogen-bond acceptors (Lipinski definition) is 4. The fourth-order valence-corrected chi connectivity index (χ4v) is 4.34. The number of likely N-dealkylation sites (tertiary alicyclic amines) is 1. The van der Waals surface area contributed by atoms with Gasteiger partial charge in [0, 0.05) is 23.8 Å². The normalized spacial score (nSPS) is 23.6. The molecule has 0 spiro atoms. The Morgan fingerprint density at radius 3 is 2.71 bits per heavy atom. The second kappa shape index (κ2) is 9.66. The number of nitrogens with zero attached hydrogens (tertiary/aromatic N) is 2. The molecule has 2 unspecified atom stereocenters. The Labute approximate surface area is 186 Å². The van der Waals surface area contributed by atoms with Crippen LogP contribution in [0.1, 0.15) is 24.8 Å². The number of halogens is 1. The summed E-state index contributed by atoms with van der Waals surface area (Å²) in [5.41, 5.74) is 1.66. The third-order valence-electron chi connectivity index (χ3n) is 5.85. The molecule has 3 aliphatic rings. The minimum atomic E-state index is -0.437. The number of morpholine rings is 1. The number of allylic oxidation sites excluding steroid dienone is 2. The monoisotopic (exact) mass is 443 g/mol. The Balaban J connectivity index is 1.34. The molecule has 1 N–H and O–H groups in total. The molecule has 0 saturated carbocycles. The number of rotatable bonds is 5. The van der Waals surface area contributed by atoms with Gasteiger partial charge in [0.05, 0.1) is 19.1 Å². The van der Waals surface area contributed by atoms with E-state index in [0.717, 1.165) is 17.7 Å². The number of hydrogen-bond donors (Lipinski definition) is 1. The van der Waals surface area contributed by atoms with Crippen molar-refractivity contribution < 1.29 is 19.1 Å². The van der Waals surface area contributed by atoms with Crippen molar-refractivity contribution in [3.63, 3.8) is 0 Å². The fourth-order valence-electron chi connectivity index (χ4n) is 4.18. The minimum absolute atomic E-state index is 0.0602. The summed E-state index contributed by atoms with van der Waals surface area (Å²) in [7, 11) is 0. The molecule has 7 nitrogen and oxygen atoms in total. The average Bonchev–Trinajstić information content (AvgIpc) is 3.27. The fraction of sp³-hybridized carbons (Fsp3) is 0.435. The van der Waals surface area contributed by atoms with Gasteiger partial charge in [-0.05, 0) is 43.0 Å². The lowest BCUT2D eigenvalue weighted by Crippen LogP contribution is -2.48. The van der Waals surface area contributed by atoms with Gasteiger partial charge in [-0.1, -0.05) is 35.9 Å². The van der Waals surface area contributed by atoms with E-state index in [1.807, 2.05) is 36.4 Å². The first kappa shape index (κ1) is 21.6. The molecular formula is C23H26ClN3O4. The van der Waals surface area contributed by atoms with Crippen LogP contribution in [-0.2, 0) is 25.5 Å². The highest BCUT2D eigenvalue weighted by Crippen LogP contribution is 2.22. The highest BCUT2D eigenvalue weighted by molar-refractivity contribution is 6.31. The first-order valence-corrected chi connectivity index (χ1v) is 11.0. The van der Waals surface area contributed by atoms with Crippen molar-refractivity contribution in [1.29, 1.82) is 0 Å². The topological polar surface area (TPSA) is 79.0 Å². The maximum absolute atomic E-state index is 12.9. The van der Waals surface area contributed by atoms with Gasteiger partial charge in [0.15, 0.2) is 0 Å². The van der Waals surface area contributed by atoms with Crippen LogP contribution in [0.15, 0.2) is 47.5 Å². The Morgan fingerprint density at radius 1 is 1.19 bits per heavy atom. The number of anilines is 1. The minimum Gasteiger partial charge on any atom is -0.370 e. The van der Waals surface area contributed by atoms with E-state index in [1.165, 1.54) is 0 Å². The summed E-state index contributed by atoms with van der Waals surface area (Å²) >= 11 is 5.93. The van der Waals surface area contributed by atoms with Gasteiger partial charge in [0.25, 0.3) is 5.91 Å². The van der Waals surface area contributed by atoms with E-state index in [2.05, 4.69) is 5.32 Å². The van der Waals surface area contributed by atoms with Crippen LogP contribution < -0.4 is 10.2 Å². The van der Waals surface area contributed by atoms with E-state index >= 15 is 0 Å². The molecule has 0 bridgehead atoms. The van der Waals surface area contributed by atoms with E-state index in [1.54, 1.807) is 15.9 Å². The molecule has 2 atom stereocenters. The molecule has 2 fully saturated rings. The molecule has 1 aliphatic carbocycles. The SMILES string of the molecule is O=C(NC1C=CC(Cl)=CC1)C1CCCN1C(=O)Cc1ccc(N2CCOCC2=O)cc1. The number of carbonyl (C=O) groups is 3. The third kappa shape index (κ3) is 5.17. The maximum atomic E-state index is 12.9. The van der Waals surface area contributed by atoms with Crippen LogP contribution in [0.3, 0.4) is 0 Å². The molecule has 2 saturated heterocycles. The first-order valence-electron chi connectivity index (χ1n) is 10.6. The molecule has 1 aromatic carbocycles. The van der Waals surface area contributed by atoms with E-state index in [9.17, 15) is 14.4 Å². The van der Waals surface area contributed by atoms with E-state index in [-0.39, 0.29) is 36.8 Å². The molecule has 164 valence electrons. The summed E-state index contributed by atoms with van der Waals surface area (Å²) in [6.07, 6.45) is 7.89. The van der Waals surface area contributed by atoms with Crippen molar-refractivity contribution in [3.8, 4) is 0 Å². The molecule has 3 amide bonds. The Kier molecular flexibility index (Phi) is 6.73. The predicted octanol–water partition coefficient (Wildman–Crippen LogP) is 2.15. The van der Waals surface area contributed by atoms with Crippen molar-refractivity contribution >= 4 is 35.0 Å². The van der Waals surface area contributed by atoms with Gasteiger partial charge in [-0.3, -0.25) is 14.4 Å². The summed E-state index contributed by atoms with van der Waals surface area (Å²) in [6.45, 7) is 1.73. The van der Waals surface area contributed by atoms with Gasteiger partial charge in [-0.2, -0.15) is 0 Å². The lowest BCUT2D eigenvalue weighted by Gasteiger charge is -2.27. The van der Waals surface area contributed by atoms with Crippen molar-refractivity contribution in [2.75, 3.05) is 31.2 Å². The van der Waals surface area contributed by atoms with Gasteiger partial charge in [-0.25, -0.2) is 0 Å². The molecule has 4 rings (SSSR count). The Morgan fingerprint density at radius 2 is 2.00 bits per heavy atom. The summed E-state index contributed by atoms with van der Waals surface area (Å²) in [6, 6.07) is 6.91. The Hall–Kier alpha value is -2.64. The second-order valence-electron chi connectivity index (χ2n) is 7.99.